The number of nitrogens with two attached hydrogens (primary N) is 1. The van der Waals surface area contributed by atoms with E-state index in [1.54, 1.807) is 0 Å². The van der Waals surface area contributed by atoms with Gasteiger partial charge in [0, 0.05) is 11.1 Å². The fourth-order valence-corrected chi connectivity index (χ4v) is 3.15. The van der Waals surface area contributed by atoms with Crippen LogP contribution < -0.4 is 5.73 Å². The van der Waals surface area contributed by atoms with Gasteiger partial charge in [0.2, 0.25) is 11.7 Å². The van der Waals surface area contributed by atoms with Crippen LogP contribution in [-0.4, -0.2) is 15.7 Å². The second-order valence-electron chi connectivity index (χ2n) is 6.31. The van der Waals surface area contributed by atoms with Gasteiger partial charge in [0.1, 0.15) is 0 Å². The largest absolute Gasteiger partial charge is 0.339 e. The van der Waals surface area contributed by atoms with Crippen molar-refractivity contribution in [2.75, 3.05) is 0 Å². The van der Waals surface area contributed by atoms with E-state index in [4.69, 9.17) is 10.3 Å². The van der Waals surface area contributed by atoms with Gasteiger partial charge in [-0.15, -0.1) is 0 Å². The van der Waals surface area contributed by atoms with E-state index in [1.807, 2.05) is 0 Å². The third-order valence-corrected chi connectivity index (χ3v) is 4.61. The third-order valence-electron chi connectivity index (χ3n) is 4.61. The molecule has 21 heavy (non-hydrogen) atoms. The van der Waals surface area contributed by atoms with Crippen molar-refractivity contribution in [3.05, 3.63) is 35.7 Å². The Bertz CT molecular complexity index is 601. The Morgan fingerprint density at radius 3 is 2.71 bits per heavy atom. The van der Waals surface area contributed by atoms with E-state index in [0.717, 1.165) is 24.8 Å². The normalized spacial score (nSPS) is 26.0. The molecule has 0 aliphatic heterocycles. The molecule has 2 unspecified atom stereocenters. The SMILES string of the molecule is CCc1ccc(-c2noc(C3CCCCC3(C)N)n2)cc1. The number of aryl methyl sites for hydroxylation is 1. The van der Waals surface area contributed by atoms with Gasteiger partial charge < -0.3 is 10.3 Å². The van der Waals surface area contributed by atoms with Crippen LogP contribution in [0.2, 0.25) is 0 Å². The minimum atomic E-state index is -0.242. The molecule has 0 saturated heterocycles. The number of rotatable bonds is 3. The van der Waals surface area contributed by atoms with Crippen molar-refractivity contribution in [1.29, 1.82) is 0 Å². The van der Waals surface area contributed by atoms with E-state index in [2.05, 4.69) is 48.3 Å². The third kappa shape index (κ3) is 2.86. The predicted octanol–water partition coefficient (Wildman–Crippen LogP) is 3.67. The highest BCUT2D eigenvalue weighted by molar-refractivity contribution is 5.54. The lowest BCUT2D eigenvalue weighted by molar-refractivity contribution is 0.223. The van der Waals surface area contributed by atoms with Crippen molar-refractivity contribution in [3.63, 3.8) is 0 Å². The zero-order chi connectivity index (χ0) is 14.9. The van der Waals surface area contributed by atoms with Crippen LogP contribution in [-0.2, 0) is 6.42 Å². The molecule has 2 atom stereocenters. The first kappa shape index (κ1) is 14.3. The highest BCUT2D eigenvalue weighted by Crippen LogP contribution is 2.38. The highest BCUT2D eigenvalue weighted by atomic mass is 16.5. The molecular weight excluding hydrogens is 262 g/mol. The summed E-state index contributed by atoms with van der Waals surface area (Å²) < 4.78 is 5.51. The van der Waals surface area contributed by atoms with Gasteiger partial charge in [-0.3, -0.25) is 0 Å². The maximum atomic E-state index is 6.41. The van der Waals surface area contributed by atoms with Gasteiger partial charge in [-0.25, -0.2) is 0 Å². The van der Waals surface area contributed by atoms with E-state index in [-0.39, 0.29) is 11.5 Å². The summed E-state index contributed by atoms with van der Waals surface area (Å²) in [4.78, 5) is 4.60. The first-order chi connectivity index (χ1) is 10.1. The first-order valence-corrected chi connectivity index (χ1v) is 7.82. The van der Waals surface area contributed by atoms with Gasteiger partial charge in [0.25, 0.3) is 0 Å². The molecule has 1 fully saturated rings. The van der Waals surface area contributed by atoms with E-state index >= 15 is 0 Å². The molecule has 3 rings (SSSR count). The van der Waals surface area contributed by atoms with E-state index in [1.165, 1.54) is 18.4 Å². The van der Waals surface area contributed by atoms with Crippen LogP contribution in [0.4, 0.5) is 0 Å². The average Bonchev–Trinajstić information content (AvgIpc) is 2.96. The molecule has 2 aromatic rings. The molecule has 1 heterocycles. The number of hydrogen-bond acceptors (Lipinski definition) is 4. The summed E-state index contributed by atoms with van der Waals surface area (Å²) in [5, 5.41) is 4.14. The topological polar surface area (TPSA) is 64.9 Å². The smallest absolute Gasteiger partial charge is 0.231 e. The number of hydrogen-bond donors (Lipinski definition) is 1. The number of benzene rings is 1. The molecule has 4 nitrogen and oxygen atoms in total. The fourth-order valence-electron chi connectivity index (χ4n) is 3.15. The standard InChI is InChI=1S/C17H23N3O/c1-3-12-7-9-13(10-8-12)15-19-16(21-20-15)14-6-4-5-11-17(14,2)18/h7-10,14H,3-6,11,18H2,1-2H3. The van der Waals surface area contributed by atoms with Gasteiger partial charge in [0.05, 0.1) is 5.92 Å². The van der Waals surface area contributed by atoms with Gasteiger partial charge in [-0.2, -0.15) is 4.98 Å². The van der Waals surface area contributed by atoms with Crippen LogP contribution in [0, 0.1) is 0 Å². The summed E-state index contributed by atoms with van der Waals surface area (Å²) in [5.74, 6) is 1.52. The highest BCUT2D eigenvalue weighted by Gasteiger charge is 2.37. The van der Waals surface area contributed by atoms with Crippen molar-refractivity contribution in [2.24, 2.45) is 5.73 Å². The van der Waals surface area contributed by atoms with Crippen molar-refractivity contribution >= 4 is 0 Å². The summed E-state index contributed by atoms with van der Waals surface area (Å²) in [6.45, 7) is 4.24. The van der Waals surface area contributed by atoms with Crippen LogP contribution >= 0.6 is 0 Å². The molecule has 0 amide bonds. The Morgan fingerprint density at radius 2 is 2.05 bits per heavy atom. The lowest BCUT2D eigenvalue weighted by Crippen LogP contribution is -2.44. The Balaban J connectivity index is 1.85. The van der Waals surface area contributed by atoms with Gasteiger partial charge in [-0.1, -0.05) is 49.2 Å². The van der Waals surface area contributed by atoms with E-state index in [0.29, 0.717) is 11.7 Å². The molecule has 4 heteroatoms. The summed E-state index contributed by atoms with van der Waals surface area (Å²) in [6.07, 6.45) is 5.44. The molecule has 0 bridgehead atoms. The van der Waals surface area contributed by atoms with Crippen molar-refractivity contribution in [3.8, 4) is 11.4 Å². The fraction of sp³-hybridized carbons (Fsp3) is 0.529. The molecule has 0 spiro atoms. The van der Waals surface area contributed by atoms with Gasteiger partial charge >= 0.3 is 0 Å². The van der Waals surface area contributed by atoms with Gasteiger partial charge in [0.15, 0.2) is 0 Å². The maximum Gasteiger partial charge on any atom is 0.231 e. The average molecular weight is 285 g/mol. The summed E-state index contributed by atoms with van der Waals surface area (Å²) in [7, 11) is 0. The first-order valence-electron chi connectivity index (χ1n) is 7.82. The molecule has 2 N–H and O–H groups in total. The van der Waals surface area contributed by atoms with Crippen molar-refractivity contribution < 1.29 is 4.52 Å². The predicted molar refractivity (Wildman–Crippen MR) is 82.9 cm³/mol. The molecule has 1 aliphatic rings. The zero-order valence-electron chi connectivity index (χ0n) is 12.8. The quantitative estimate of drug-likeness (QED) is 0.934. The van der Waals surface area contributed by atoms with Gasteiger partial charge in [-0.05, 0) is 31.7 Å². The van der Waals surface area contributed by atoms with Crippen LogP contribution in [0.3, 0.4) is 0 Å². The maximum absolute atomic E-state index is 6.41. The van der Waals surface area contributed by atoms with Crippen LogP contribution in [0.15, 0.2) is 28.8 Å². The van der Waals surface area contributed by atoms with Crippen molar-refractivity contribution in [2.45, 2.75) is 57.4 Å². The van der Waals surface area contributed by atoms with Crippen molar-refractivity contribution in [1.82, 2.24) is 10.1 Å². The summed E-state index contributed by atoms with van der Waals surface area (Å²) in [5.41, 5.74) is 8.48. The Labute approximate surface area is 125 Å². The van der Waals surface area contributed by atoms with E-state index in [9.17, 15) is 0 Å². The van der Waals surface area contributed by atoms with Crippen LogP contribution in [0.25, 0.3) is 11.4 Å². The molecule has 0 radical (unpaired) electrons. The minimum absolute atomic E-state index is 0.169. The van der Waals surface area contributed by atoms with Crippen LogP contribution in [0.5, 0.6) is 0 Å². The molecule has 1 saturated carbocycles. The summed E-state index contributed by atoms with van der Waals surface area (Å²) in [6, 6.07) is 8.32. The molecule has 1 aliphatic carbocycles. The second-order valence-corrected chi connectivity index (χ2v) is 6.31. The number of nitrogens with zero attached hydrogens (tertiary/aromatic N) is 2. The molecule has 112 valence electrons. The molecule has 1 aromatic heterocycles. The summed E-state index contributed by atoms with van der Waals surface area (Å²) >= 11 is 0. The monoisotopic (exact) mass is 285 g/mol. The molecular formula is C17H23N3O. The Hall–Kier alpha value is -1.68. The second kappa shape index (κ2) is 5.60. The Kier molecular flexibility index (Phi) is 3.81. The van der Waals surface area contributed by atoms with Crippen LogP contribution in [0.1, 0.15) is 56.9 Å². The number of aromatic nitrogens is 2. The minimum Gasteiger partial charge on any atom is -0.339 e. The molecule has 1 aromatic carbocycles. The Morgan fingerprint density at radius 1 is 1.29 bits per heavy atom. The lowest BCUT2D eigenvalue weighted by Gasteiger charge is -2.35. The zero-order valence-corrected chi connectivity index (χ0v) is 12.8. The van der Waals surface area contributed by atoms with E-state index < -0.39 is 0 Å². The lowest BCUT2D eigenvalue weighted by atomic mass is 9.74.